The summed E-state index contributed by atoms with van der Waals surface area (Å²) in [5.74, 6) is -0.931. The summed E-state index contributed by atoms with van der Waals surface area (Å²) in [7, 11) is 4.21. The van der Waals surface area contributed by atoms with Gasteiger partial charge in [-0.15, -0.1) is 12.4 Å². The Hall–Kier alpha value is -2.18. The summed E-state index contributed by atoms with van der Waals surface area (Å²) < 4.78 is 26.6. The summed E-state index contributed by atoms with van der Waals surface area (Å²) in [5.41, 5.74) is 1.29. The van der Waals surface area contributed by atoms with E-state index in [4.69, 9.17) is 0 Å². The average Bonchev–Trinajstić information content (AvgIpc) is 2.66. The Bertz CT molecular complexity index is 796. The van der Waals surface area contributed by atoms with Gasteiger partial charge in [-0.05, 0) is 63.4 Å². The molecule has 1 fully saturated rings. The summed E-state index contributed by atoms with van der Waals surface area (Å²) >= 11 is 0. The number of nitrogens with zero attached hydrogens (tertiary/aromatic N) is 1. The molecular weight excluding hydrogens is 396 g/mol. The molecule has 1 saturated carbocycles. The molecule has 0 aliphatic heterocycles. The van der Waals surface area contributed by atoms with Gasteiger partial charge in [-0.2, -0.15) is 0 Å². The predicted octanol–water partition coefficient (Wildman–Crippen LogP) is 5.37. The molecule has 0 saturated heterocycles. The molecule has 1 unspecified atom stereocenters. The van der Waals surface area contributed by atoms with E-state index in [0.29, 0.717) is 12.0 Å². The fraction of sp³-hybridized carbons (Fsp3) is 0.409. The van der Waals surface area contributed by atoms with Crippen LogP contribution in [-0.4, -0.2) is 31.1 Å². The van der Waals surface area contributed by atoms with Crippen LogP contribution in [0.5, 0.6) is 0 Å². The third-order valence-corrected chi connectivity index (χ3v) is 5.43. The minimum Gasteiger partial charge on any atom is -0.335 e. The van der Waals surface area contributed by atoms with Crippen molar-refractivity contribution in [2.45, 2.75) is 37.8 Å². The van der Waals surface area contributed by atoms with E-state index in [1.165, 1.54) is 11.6 Å². The first-order chi connectivity index (χ1) is 13.4. The van der Waals surface area contributed by atoms with Crippen LogP contribution in [0.2, 0.25) is 0 Å². The van der Waals surface area contributed by atoms with E-state index in [0.717, 1.165) is 37.8 Å². The number of hydrogen-bond acceptors (Lipinski definition) is 2. The Morgan fingerprint density at radius 1 is 1.03 bits per heavy atom. The number of halogens is 3. The highest BCUT2D eigenvalue weighted by Gasteiger charge is 2.30. The van der Waals surface area contributed by atoms with Gasteiger partial charge in [-0.1, -0.05) is 30.3 Å². The highest BCUT2D eigenvalue weighted by molar-refractivity contribution is 5.89. The lowest BCUT2D eigenvalue weighted by Crippen LogP contribution is -2.41. The topological polar surface area (TPSA) is 44.4 Å². The number of nitrogens with one attached hydrogen (secondary N) is 2. The van der Waals surface area contributed by atoms with Crippen LogP contribution in [0, 0.1) is 17.6 Å². The van der Waals surface area contributed by atoms with Gasteiger partial charge in [0.05, 0.1) is 5.69 Å². The van der Waals surface area contributed by atoms with Crippen LogP contribution in [0.3, 0.4) is 0 Å². The largest absolute Gasteiger partial charge is 0.335 e. The number of rotatable bonds is 5. The van der Waals surface area contributed by atoms with Crippen LogP contribution in [0.4, 0.5) is 19.3 Å². The van der Waals surface area contributed by atoms with E-state index >= 15 is 0 Å². The first-order valence-corrected chi connectivity index (χ1v) is 9.68. The lowest BCUT2D eigenvalue weighted by Gasteiger charge is -2.37. The van der Waals surface area contributed by atoms with Gasteiger partial charge in [0.25, 0.3) is 0 Å². The molecule has 2 aromatic rings. The summed E-state index contributed by atoms with van der Waals surface area (Å²) in [5, 5.41) is 5.38. The Kier molecular flexibility index (Phi) is 8.41. The second-order valence-corrected chi connectivity index (χ2v) is 7.65. The minimum atomic E-state index is -0.782. The predicted molar refractivity (Wildman–Crippen MR) is 114 cm³/mol. The van der Waals surface area contributed by atoms with Gasteiger partial charge in [-0.25, -0.2) is 13.6 Å². The normalized spacial score (nSPS) is 19.9. The fourth-order valence-electron chi connectivity index (χ4n) is 4.16. The summed E-state index contributed by atoms with van der Waals surface area (Å²) in [6, 6.07) is 13.5. The first-order valence-electron chi connectivity index (χ1n) is 9.68. The number of hydrogen-bond donors (Lipinski definition) is 2. The number of carbonyl (C=O) groups is 1. The maximum atomic E-state index is 13.7. The number of amides is 2. The molecule has 1 atom stereocenters. The molecule has 0 radical (unpaired) electrons. The number of benzene rings is 2. The van der Waals surface area contributed by atoms with Crippen LogP contribution >= 0.6 is 12.4 Å². The van der Waals surface area contributed by atoms with E-state index in [-0.39, 0.29) is 24.1 Å². The lowest BCUT2D eigenvalue weighted by molar-refractivity contribution is 0.158. The Balaban J connectivity index is 0.00000300. The van der Waals surface area contributed by atoms with E-state index in [1.807, 2.05) is 6.07 Å². The Labute approximate surface area is 177 Å². The van der Waals surface area contributed by atoms with Gasteiger partial charge < -0.3 is 15.5 Å². The van der Waals surface area contributed by atoms with Crippen LogP contribution in [0.1, 0.15) is 37.3 Å². The second kappa shape index (κ2) is 10.6. The van der Waals surface area contributed by atoms with Crippen molar-refractivity contribution >= 4 is 24.1 Å². The fourth-order valence-corrected chi connectivity index (χ4v) is 4.16. The quantitative estimate of drug-likeness (QED) is 0.679. The van der Waals surface area contributed by atoms with Crippen molar-refractivity contribution < 1.29 is 13.6 Å². The smallest absolute Gasteiger partial charge is 0.319 e. The summed E-state index contributed by atoms with van der Waals surface area (Å²) in [6.45, 7) is 0. The number of carbonyl (C=O) groups excluding carboxylic acids is 1. The molecule has 0 aromatic heterocycles. The molecule has 7 heteroatoms. The SMILES string of the molecule is CN(C)C(c1ccccc1)C1CCC(NC(=O)Nc2ccc(F)cc2F)CC1.Cl. The van der Waals surface area contributed by atoms with Crippen LogP contribution < -0.4 is 10.6 Å². The van der Waals surface area contributed by atoms with E-state index in [1.54, 1.807) is 0 Å². The number of anilines is 1. The molecule has 158 valence electrons. The number of urea groups is 1. The molecule has 0 spiro atoms. The van der Waals surface area contributed by atoms with Crippen LogP contribution in [0.15, 0.2) is 48.5 Å². The molecule has 1 aliphatic rings. The van der Waals surface area contributed by atoms with Crippen molar-refractivity contribution in [3.05, 3.63) is 65.7 Å². The molecule has 4 nitrogen and oxygen atoms in total. The molecule has 2 aromatic carbocycles. The third kappa shape index (κ3) is 6.15. The molecule has 0 bridgehead atoms. The van der Waals surface area contributed by atoms with Gasteiger partial charge in [0.15, 0.2) is 0 Å². The molecular formula is C22H28ClF2N3O. The molecule has 29 heavy (non-hydrogen) atoms. The zero-order valence-corrected chi connectivity index (χ0v) is 17.5. The van der Waals surface area contributed by atoms with Crippen molar-refractivity contribution in [3.63, 3.8) is 0 Å². The van der Waals surface area contributed by atoms with Crippen LogP contribution in [0.25, 0.3) is 0 Å². The summed E-state index contributed by atoms with van der Waals surface area (Å²) in [6.07, 6.45) is 3.77. The summed E-state index contributed by atoms with van der Waals surface area (Å²) in [4.78, 5) is 14.4. The van der Waals surface area contributed by atoms with Crippen molar-refractivity contribution in [1.29, 1.82) is 0 Å². The van der Waals surface area contributed by atoms with Gasteiger partial charge in [0.2, 0.25) is 0 Å². The van der Waals surface area contributed by atoms with Crippen molar-refractivity contribution in [2.24, 2.45) is 5.92 Å². The second-order valence-electron chi connectivity index (χ2n) is 7.65. The molecule has 1 aliphatic carbocycles. The van der Waals surface area contributed by atoms with Crippen LogP contribution in [-0.2, 0) is 0 Å². The first kappa shape index (κ1) is 23.1. The monoisotopic (exact) mass is 423 g/mol. The van der Waals surface area contributed by atoms with E-state index in [2.05, 4.69) is 53.9 Å². The van der Waals surface area contributed by atoms with Crippen molar-refractivity contribution in [2.75, 3.05) is 19.4 Å². The maximum absolute atomic E-state index is 13.7. The molecule has 2 amide bonds. The molecule has 3 rings (SSSR count). The van der Waals surface area contributed by atoms with Gasteiger partial charge >= 0.3 is 6.03 Å². The zero-order chi connectivity index (χ0) is 20.1. The van der Waals surface area contributed by atoms with Gasteiger partial charge in [-0.3, -0.25) is 0 Å². The van der Waals surface area contributed by atoms with Crippen molar-refractivity contribution in [3.8, 4) is 0 Å². The molecule has 2 N–H and O–H groups in total. The average molecular weight is 424 g/mol. The van der Waals surface area contributed by atoms with Crippen molar-refractivity contribution in [1.82, 2.24) is 10.2 Å². The zero-order valence-electron chi connectivity index (χ0n) is 16.7. The lowest BCUT2D eigenvalue weighted by atomic mass is 9.79. The highest BCUT2D eigenvalue weighted by atomic mass is 35.5. The minimum absolute atomic E-state index is 0. The van der Waals surface area contributed by atoms with E-state index < -0.39 is 17.7 Å². The third-order valence-electron chi connectivity index (χ3n) is 5.43. The highest BCUT2D eigenvalue weighted by Crippen LogP contribution is 2.37. The maximum Gasteiger partial charge on any atom is 0.319 e. The van der Waals surface area contributed by atoms with Gasteiger partial charge in [0, 0.05) is 18.2 Å². The van der Waals surface area contributed by atoms with E-state index in [9.17, 15) is 13.6 Å². The standard InChI is InChI=1S/C22H27F2N3O.ClH/c1-27(2)21(15-6-4-3-5-7-15)16-8-11-18(12-9-16)25-22(28)26-20-13-10-17(23)14-19(20)24;/h3-7,10,13-14,16,18,21H,8-9,11-12H2,1-2H3,(H2,25,26,28);1H. The Morgan fingerprint density at radius 2 is 1.69 bits per heavy atom. The van der Waals surface area contributed by atoms with Gasteiger partial charge in [0.1, 0.15) is 11.6 Å². The molecule has 0 heterocycles. The Morgan fingerprint density at radius 3 is 2.28 bits per heavy atom.